The number of nitrogens with one attached hydrogen (secondary N) is 2. The minimum absolute atomic E-state index is 0.0570. The SMILES string of the molecule is CC(C)C(CO)NC(=O)c1c[nH]ccc1=O. The van der Waals surface area contributed by atoms with E-state index in [2.05, 4.69) is 10.3 Å². The van der Waals surface area contributed by atoms with Gasteiger partial charge in [0.25, 0.3) is 5.91 Å². The number of carbonyl (C=O) groups excluding carboxylic acids is 1. The molecule has 1 heterocycles. The van der Waals surface area contributed by atoms with Crippen LogP contribution in [0.1, 0.15) is 24.2 Å². The van der Waals surface area contributed by atoms with Crippen molar-refractivity contribution in [3.63, 3.8) is 0 Å². The van der Waals surface area contributed by atoms with E-state index in [9.17, 15) is 9.59 Å². The van der Waals surface area contributed by atoms with Gasteiger partial charge in [-0.05, 0) is 5.92 Å². The number of hydrogen-bond acceptors (Lipinski definition) is 3. The highest BCUT2D eigenvalue weighted by atomic mass is 16.3. The molecule has 0 saturated heterocycles. The van der Waals surface area contributed by atoms with Gasteiger partial charge in [-0.15, -0.1) is 0 Å². The maximum absolute atomic E-state index is 11.7. The van der Waals surface area contributed by atoms with Crippen LogP contribution in [0.2, 0.25) is 0 Å². The van der Waals surface area contributed by atoms with Gasteiger partial charge in [0.2, 0.25) is 0 Å². The molecule has 0 aliphatic carbocycles. The lowest BCUT2D eigenvalue weighted by Crippen LogP contribution is -2.42. The Labute approximate surface area is 93.5 Å². The van der Waals surface area contributed by atoms with Crippen molar-refractivity contribution in [1.82, 2.24) is 10.3 Å². The number of H-pyrrole nitrogens is 1. The van der Waals surface area contributed by atoms with Crippen LogP contribution < -0.4 is 10.7 Å². The van der Waals surface area contributed by atoms with Crippen molar-refractivity contribution < 1.29 is 9.90 Å². The summed E-state index contributed by atoms with van der Waals surface area (Å²) in [5, 5.41) is 11.7. The maximum Gasteiger partial charge on any atom is 0.257 e. The first kappa shape index (κ1) is 12.4. The van der Waals surface area contributed by atoms with Crippen LogP contribution in [0, 0.1) is 5.92 Å². The van der Waals surface area contributed by atoms with E-state index >= 15 is 0 Å². The number of carbonyl (C=O) groups is 1. The van der Waals surface area contributed by atoms with Crippen LogP contribution in [-0.4, -0.2) is 28.6 Å². The summed E-state index contributed by atoms with van der Waals surface area (Å²) in [6.45, 7) is 3.63. The van der Waals surface area contributed by atoms with Crippen LogP contribution in [0.5, 0.6) is 0 Å². The Morgan fingerprint density at radius 2 is 2.25 bits per heavy atom. The summed E-state index contributed by atoms with van der Waals surface area (Å²) in [6, 6.07) is 0.949. The van der Waals surface area contributed by atoms with Crippen LogP contribution in [0.4, 0.5) is 0 Å². The molecular weight excluding hydrogens is 208 g/mol. The third kappa shape index (κ3) is 2.93. The zero-order valence-electron chi connectivity index (χ0n) is 9.36. The van der Waals surface area contributed by atoms with E-state index in [-0.39, 0.29) is 29.6 Å². The van der Waals surface area contributed by atoms with Gasteiger partial charge in [-0.2, -0.15) is 0 Å². The number of rotatable bonds is 4. The average Bonchev–Trinajstić information content (AvgIpc) is 2.25. The van der Waals surface area contributed by atoms with Gasteiger partial charge in [-0.25, -0.2) is 0 Å². The molecule has 1 amide bonds. The minimum Gasteiger partial charge on any atom is -0.394 e. The van der Waals surface area contributed by atoms with Crippen molar-refractivity contribution >= 4 is 5.91 Å². The van der Waals surface area contributed by atoms with E-state index < -0.39 is 5.91 Å². The zero-order valence-corrected chi connectivity index (χ0v) is 9.36. The van der Waals surface area contributed by atoms with E-state index in [0.29, 0.717) is 0 Å². The summed E-state index contributed by atoms with van der Waals surface area (Å²) in [5.74, 6) is -0.355. The van der Waals surface area contributed by atoms with Gasteiger partial charge in [0.1, 0.15) is 5.56 Å². The molecule has 1 aromatic rings. The molecule has 1 aromatic heterocycles. The molecule has 0 fully saturated rings. The summed E-state index contributed by atoms with van der Waals surface area (Å²) in [6.07, 6.45) is 2.82. The van der Waals surface area contributed by atoms with Gasteiger partial charge in [-0.3, -0.25) is 9.59 Å². The lowest BCUT2D eigenvalue weighted by atomic mass is 10.1. The normalized spacial score (nSPS) is 12.5. The van der Waals surface area contributed by atoms with Crippen LogP contribution >= 0.6 is 0 Å². The van der Waals surface area contributed by atoms with E-state index in [4.69, 9.17) is 5.11 Å². The Morgan fingerprint density at radius 3 is 2.75 bits per heavy atom. The third-order valence-electron chi connectivity index (χ3n) is 2.39. The first-order chi connectivity index (χ1) is 7.56. The highest BCUT2D eigenvalue weighted by Gasteiger charge is 2.17. The fourth-order valence-electron chi connectivity index (χ4n) is 1.26. The predicted octanol–water partition coefficient (Wildman–Crippen LogP) is 0.122. The van der Waals surface area contributed by atoms with E-state index in [1.807, 2.05) is 13.8 Å². The quantitative estimate of drug-likeness (QED) is 0.679. The van der Waals surface area contributed by atoms with E-state index in [1.165, 1.54) is 18.5 Å². The highest BCUT2D eigenvalue weighted by molar-refractivity contribution is 5.93. The van der Waals surface area contributed by atoms with Gasteiger partial charge in [0, 0.05) is 18.5 Å². The number of hydrogen-bond donors (Lipinski definition) is 3. The summed E-state index contributed by atoms with van der Waals surface area (Å²) < 4.78 is 0. The molecule has 0 bridgehead atoms. The topological polar surface area (TPSA) is 82.2 Å². The van der Waals surface area contributed by atoms with Crippen LogP contribution in [-0.2, 0) is 0 Å². The van der Waals surface area contributed by atoms with Crippen LogP contribution in [0.25, 0.3) is 0 Å². The predicted molar refractivity (Wildman–Crippen MR) is 60.2 cm³/mol. The fourth-order valence-corrected chi connectivity index (χ4v) is 1.26. The lowest BCUT2D eigenvalue weighted by molar-refractivity contribution is 0.0895. The molecule has 0 spiro atoms. The maximum atomic E-state index is 11.7. The fraction of sp³-hybridized carbons (Fsp3) is 0.455. The molecule has 0 saturated carbocycles. The Bertz CT molecular complexity index is 412. The second-order valence-corrected chi connectivity index (χ2v) is 3.93. The first-order valence-electron chi connectivity index (χ1n) is 5.15. The molecule has 5 heteroatoms. The molecule has 0 aromatic carbocycles. The number of aromatic nitrogens is 1. The Balaban J connectivity index is 2.80. The van der Waals surface area contributed by atoms with Crippen molar-refractivity contribution in [2.24, 2.45) is 5.92 Å². The summed E-state index contributed by atoms with van der Waals surface area (Å²) in [5.41, 5.74) is -0.279. The van der Waals surface area contributed by atoms with Gasteiger partial charge in [-0.1, -0.05) is 13.8 Å². The van der Waals surface area contributed by atoms with Gasteiger partial charge >= 0.3 is 0 Å². The molecule has 1 rings (SSSR count). The van der Waals surface area contributed by atoms with Gasteiger partial charge in [0.05, 0.1) is 12.6 Å². The Kier molecular flexibility index (Phi) is 4.25. The molecule has 0 radical (unpaired) electrons. The number of aromatic amines is 1. The van der Waals surface area contributed by atoms with Crippen molar-refractivity contribution in [3.8, 4) is 0 Å². The summed E-state index contributed by atoms with van der Waals surface area (Å²) in [7, 11) is 0. The van der Waals surface area contributed by atoms with Crippen LogP contribution in [0.15, 0.2) is 23.3 Å². The van der Waals surface area contributed by atoms with Crippen molar-refractivity contribution in [2.75, 3.05) is 6.61 Å². The molecule has 16 heavy (non-hydrogen) atoms. The van der Waals surface area contributed by atoms with Crippen LogP contribution in [0.3, 0.4) is 0 Å². The second kappa shape index (κ2) is 5.46. The monoisotopic (exact) mass is 224 g/mol. The van der Waals surface area contributed by atoms with Gasteiger partial charge < -0.3 is 15.4 Å². The Hall–Kier alpha value is -1.62. The standard InChI is InChI=1S/C11H16N2O3/c1-7(2)9(6-14)13-11(16)8-5-12-4-3-10(8)15/h3-5,7,9,14H,6H2,1-2H3,(H,12,15)(H,13,16). The van der Waals surface area contributed by atoms with Crippen molar-refractivity contribution in [3.05, 3.63) is 34.2 Å². The molecule has 5 nitrogen and oxygen atoms in total. The number of amides is 1. The van der Waals surface area contributed by atoms with E-state index in [0.717, 1.165) is 0 Å². The Morgan fingerprint density at radius 1 is 1.56 bits per heavy atom. The molecule has 0 aliphatic rings. The minimum atomic E-state index is -0.463. The number of aliphatic hydroxyl groups is 1. The number of aliphatic hydroxyl groups excluding tert-OH is 1. The molecule has 1 unspecified atom stereocenters. The summed E-state index contributed by atoms with van der Waals surface area (Å²) >= 11 is 0. The van der Waals surface area contributed by atoms with Crippen molar-refractivity contribution in [2.45, 2.75) is 19.9 Å². The lowest BCUT2D eigenvalue weighted by Gasteiger charge is -2.19. The second-order valence-electron chi connectivity index (χ2n) is 3.93. The number of pyridine rings is 1. The highest BCUT2D eigenvalue weighted by Crippen LogP contribution is 2.01. The van der Waals surface area contributed by atoms with Gasteiger partial charge in [0.15, 0.2) is 5.43 Å². The zero-order chi connectivity index (χ0) is 12.1. The molecule has 0 aliphatic heterocycles. The van der Waals surface area contributed by atoms with Crippen molar-refractivity contribution in [1.29, 1.82) is 0 Å². The molecule has 1 atom stereocenters. The third-order valence-corrected chi connectivity index (χ3v) is 2.39. The first-order valence-corrected chi connectivity index (χ1v) is 5.15. The summed E-state index contributed by atoms with van der Waals surface area (Å²) in [4.78, 5) is 25.7. The molecular formula is C11H16N2O3. The van der Waals surface area contributed by atoms with E-state index in [1.54, 1.807) is 0 Å². The average molecular weight is 224 g/mol. The smallest absolute Gasteiger partial charge is 0.257 e. The molecule has 88 valence electrons. The molecule has 3 N–H and O–H groups in total. The largest absolute Gasteiger partial charge is 0.394 e.